The Hall–Kier alpha value is -1.43. The Kier molecular flexibility index (Phi) is 3.73. The van der Waals surface area contributed by atoms with E-state index in [1.54, 1.807) is 6.07 Å². The summed E-state index contributed by atoms with van der Waals surface area (Å²) >= 11 is 7.45. The van der Waals surface area contributed by atoms with E-state index in [0.29, 0.717) is 28.4 Å². The maximum atomic E-state index is 14.2. The second kappa shape index (κ2) is 5.40. The molecule has 0 bridgehead atoms. The molecule has 110 valence electrons. The van der Waals surface area contributed by atoms with Gasteiger partial charge in [-0.15, -0.1) is 11.3 Å². The third-order valence-electron chi connectivity index (χ3n) is 3.59. The van der Waals surface area contributed by atoms with Crippen LogP contribution in [0.4, 0.5) is 10.1 Å². The van der Waals surface area contributed by atoms with Crippen LogP contribution in [0.5, 0.6) is 0 Å². The summed E-state index contributed by atoms with van der Waals surface area (Å²) in [6.45, 7) is 1.84. The van der Waals surface area contributed by atoms with Gasteiger partial charge in [0, 0.05) is 17.7 Å². The van der Waals surface area contributed by atoms with E-state index in [1.807, 2.05) is 12.3 Å². The molecule has 1 aliphatic rings. The highest BCUT2D eigenvalue weighted by atomic mass is 35.5. The Morgan fingerprint density at radius 1 is 1.43 bits per heavy atom. The van der Waals surface area contributed by atoms with E-state index in [1.165, 1.54) is 17.4 Å². The molecule has 2 N–H and O–H groups in total. The van der Waals surface area contributed by atoms with Crippen molar-refractivity contribution in [2.24, 2.45) is 0 Å². The molecule has 1 atom stereocenters. The van der Waals surface area contributed by atoms with Crippen molar-refractivity contribution in [3.8, 4) is 0 Å². The number of halogens is 2. The average molecular weight is 326 g/mol. The summed E-state index contributed by atoms with van der Waals surface area (Å²) in [5.74, 6) is -0.669. The van der Waals surface area contributed by atoms with Crippen LogP contribution in [0, 0.1) is 12.7 Å². The molecule has 3 rings (SSSR count). The Bertz CT molecular complexity index is 729. The number of carbonyl (C=O) groups is 1. The highest BCUT2D eigenvalue weighted by Gasteiger charge is 2.24. The topological polar surface area (TPSA) is 49.3 Å². The van der Waals surface area contributed by atoms with Gasteiger partial charge in [0.1, 0.15) is 11.9 Å². The van der Waals surface area contributed by atoms with Gasteiger partial charge >= 0.3 is 0 Å². The number of benzene rings is 1. The van der Waals surface area contributed by atoms with Gasteiger partial charge in [-0.05, 0) is 42.0 Å². The highest BCUT2D eigenvalue weighted by Crippen LogP contribution is 2.38. The van der Waals surface area contributed by atoms with Gasteiger partial charge in [0.2, 0.25) is 5.91 Å². The van der Waals surface area contributed by atoms with Gasteiger partial charge in [0.15, 0.2) is 0 Å². The molecule has 3 nitrogen and oxygen atoms in total. The highest BCUT2D eigenvalue weighted by molar-refractivity contribution is 7.10. The van der Waals surface area contributed by atoms with Crippen LogP contribution in [0.25, 0.3) is 0 Å². The number of thiophene rings is 1. The minimum atomic E-state index is -1.10. The first-order valence-electron chi connectivity index (χ1n) is 6.51. The number of aliphatic hydroxyl groups excluding tert-OH is 1. The first-order valence-corrected chi connectivity index (χ1v) is 7.77. The number of carbonyl (C=O) groups excluding carboxylic acids is 1. The zero-order chi connectivity index (χ0) is 15.1. The molecule has 1 aromatic heterocycles. The summed E-state index contributed by atoms with van der Waals surface area (Å²) in [6.07, 6.45) is -0.190. The summed E-state index contributed by atoms with van der Waals surface area (Å²) in [7, 11) is 0. The van der Waals surface area contributed by atoms with E-state index in [0.717, 1.165) is 11.1 Å². The molecule has 6 heteroatoms. The van der Waals surface area contributed by atoms with Crippen molar-refractivity contribution in [1.29, 1.82) is 0 Å². The number of nitrogens with one attached hydrogen (secondary N) is 1. The van der Waals surface area contributed by atoms with Crippen LogP contribution in [0.3, 0.4) is 0 Å². The third kappa shape index (κ3) is 2.57. The second-order valence-corrected chi connectivity index (χ2v) is 6.37. The molecule has 1 aliphatic heterocycles. The number of fused-ring (bicyclic) bond motifs is 1. The largest absolute Gasteiger partial charge is 0.383 e. The van der Waals surface area contributed by atoms with E-state index in [9.17, 15) is 14.3 Å². The zero-order valence-corrected chi connectivity index (χ0v) is 12.8. The molecular weight excluding hydrogens is 313 g/mol. The number of hydrogen-bond donors (Lipinski definition) is 2. The third-order valence-corrected chi connectivity index (χ3v) is 5.35. The van der Waals surface area contributed by atoms with Crippen molar-refractivity contribution < 1.29 is 14.3 Å². The fourth-order valence-electron chi connectivity index (χ4n) is 2.41. The van der Waals surface area contributed by atoms with Crippen LogP contribution >= 0.6 is 22.9 Å². The predicted molar refractivity (Wildman–Crippen MR) is 81.5 cm³/mol. The van der Waals surface area contributed by atoms with Crippen LogP contribution in [0.15, 0.2) is 17.5 Å². The zero-order valence-electron chi connectivity index (χ0n) is 11.2. The Morgan fingerprint density at radius 2 is 2.19 bits per heavy atom. The lowest BCUT2D eigenvalue weighted by Gasteiger charge is -2.20. The minimum absolute atomic E-state index is 0.118. The second-order valence-electron chi connectivity index (χ2n) is 5.08. The first kappa shape index (κ1) is 14.5. The number of anilines is 1. The molecule has 0 saturated carbocycles. The van der Waals surface area contributed by atoms with Crippen molar-refractivity contribution in [2.45, 2.75) is 25.9 Å². The summed E-state index contributed by atoms with van der Waals surface area (Å²) in [5, 5.41) is 15.4. The molecular formula is C15H13ClFNO2S. The lowest BCUT2D eigenvalue weighted by atomic mass is 9.97. The number of hydrogen-bond acceptors (Lipinski definition) is 3. The Labute approximate surface area is 130 Å². The molecule has 0 aliphatic carbocycles. The van der Waals surface area contributed by atoms with E-state index in [2.05, 4.69) is 5.32 Å². The Balaban J connectivity index is 2.03. The average Bonchev–Trinajstić information content (AvgIpc) is 2.77. The van der Waals surface area contributed by atoms with Crippen molar-refractivity contribution in [1.82, 2.24) is 0 Å². The van der Waals surface area contributed by atoms with Gasteiger partial charge in [-0.1, -0.05) is 11.6 Å². The Morgan fingerprint density at radius 3 is 2.86 bits per heavy atom. The fraction of sp³-hybridized carbons (Fsp3) is 0.267. The van der Waals surface area contributed by atoms with Crippen molar-refractivity contribution in [2.75, 3.05) is 5.32 Å². The summed E-state index contributed by atoms with van der Waals surface area (Å²) in [4.78, 5) is 11.9. The monoisotopic (exact) mass is 325 g/mol. The van der Waals surface area contributed by atoms with Crippen LogP contribution in [-0.4, -0.2) is 11.0 Å². The molecule has 21 heavy (non-hydrogen) atoms. The van der Waals surface area contributed by atoms with Gasteiger partial charge in [-0.2, -0.15) is 0 Å². The van der Waals surface area contributed by atoms with E-state index >= 15 is 0 Å². The normalized spacial score (nSPS) is 15.5. The van der Waals surface area contributed by atoms with Crippen LogP contribution < -0.4 is 5.32 Å². The fourth-order valence-corrected chi connectivity index (χ4v) is 3.70. The van der Waals surface area contributed by atoms with Gasteiger partial charge in [0.25, 0.3) is 0 Å². The summed E-state index contributed by atoms with van der Waals surface area (Å²) < 4.78 is 14.2. The molecule has 0 saturated heterocycles. The minimum Gasteiger partial charge on any atom is -0.383 e. The number of aryl methyl sites for hydroxylation is 2. The number of rotatable bonds is 2. The molecule has 0 spiro atoms. The molecule has 2 aromatic rings. The SMILES string of the molecule is Cc1csc(C(O)c2cc3c(cc2F)NC(=O)CC3)c1Cl. The molecule has 1 aromatic carbocycles. The smallest absolute Gasteiger partial charge is 0.224 e. The van der Waals surface area contributed by atoms with Gasteiger partial charge in [-0.3, -0.25) is 4.79 Å². The van der Waals surface area contributed by atoms with Crippen LogP contribution in [0.2, 0.25) is 5.02 Å². The molecule has 0 radical (unpaired) electrons. The van der Waals surface area contributed by atoms with Crippen LogP contribution in [-0.2, 0) is 11.2 Å². The van der Waals surface area contributed by atoms with E-state index in [4.69, 9.17) is 11.6 Å². The van der Waals surface area contributed by atoms with Gasteiger partial charge < -0.3 is 10.4 Å². The number of amides is 1. The van der Waals surface area contributed by atoms with Crippen molar-refractivity contribution in [3.05, 3.63) is 49.9 Å². The van der Waals surface area contributed by atoms with Crippen molar-refractivity contribution >= 4 is 34.5 Å². The van der Waals surface area contributed by atoms with Gasteiger partial charge in [-0.25, -0.2) is 4.39 Å². The molecule has 1 amide bonds. The lowest BCUT2D eigenvalue weighted by Crippen LogP contribution is -2.20. The molecule has 1 unspecified atom stereocenters. The first-order chi connectivity index (χ1) is 9.97. The van der Waals surface area contributed by atoms with Crippen molar-refractivity contribution in [3.63, 3.8) is 0 Å². The van der Waals surface area contributed by atoms with E-state index < -0.39 is 11.9 Å². The lowest BCUT2D eigenvalue weighted by molar-refractivity contribution is -0.116. The van der Waals surface area contributed by atoms with E-state index in [-0.39, 0.29) is 11.5 Å². The molecule has 2 heterocycles. The van der Waals surface area contributed by atoms with Gasteiger partial charge in [0.05, 0.1) is 9.90 Å². The van der Waals surface area contributed by atoms with Crippen LogP contribution in [0.1, 0.15) is 34.1 Å². The molecule has 0 fully saturated rings. The predicted octanol–water partition coefficient (Wildman–Crippen LogP) is 3.82. The summed E-state index contributed by atoms with van der Waals surface area (Å²) in [5.41, 5.74) is 2.36. The standard InChI is InChI=1S/C15H13ClFNO2S/c1-7-6-21-15(13(7)16)14(20)9-4-8-2-3-12(19)18-11(8)5-10(9)17/h4-6,14,20H,2-3H2,1H3,(H,18,19). The maximum Gasteiger partial charge on any atom is 0.224 e. The number of aliphatic hydroxyl groups is 1. The summed E-state index contributed by atoms with van der Waals surface area (Å²) in [6, 6.07) is 2.87. The quantitative estimate of drug-likeness (QED) is 0.882. The maximum absolute atomic E-state index is 14.2.